The Kier molecular flexibility index (Phi) is 1.72. The lowest BCUT2D eigenvalue weighted by atomic mass is 10.6. The molecule has 1 aliphatic heterocycles. The van der Waals surface area contributed by atoms with Gasteiger partial charge in [-0.15, -0.1) is 0 Å². The van der Waals surface area contributed by atoms with Crippen LogP contribution in [0.15, 0.2) is 4.99 Å². The molecule has 1 unspecified atom stereocenters. The fourth-order valence-corrected chi connectivity index (χ4v) is 1.23. The molecule has 1 atom stereocenters. The van der Waals surface area contributed by atoms with E-state index in [-0.39, 0.29) is 5.17 Å². The number of rotatable bonds is 0. The van der Waals surface area contributed by atoms with Crippen molar-refractivity contribution in [2.45, 2.75) is 12.0 Å². The predicted octanol–water partition coefficient (Wildman–Crippen LogP) is 0.268. The average molecular weight is 186 g/mol. The number of nitrogens with one attached hydrogen (secondary N) is 1. The number of hydrogen-bond donors (Lipinski definition) is 1. The minimum absolute atomic E-state index is 0.231. The van der Waals surface area contributed by atoms with Gasteiger partial charge in [-0.1, -0.05) is 11.6 Å². The summed E-state index contributed by atoms with van der Waals surface area (Å²) in [7, 11) is 0. The van der Waals surface area contributed by atoms with Crippen molar-refractivity contribution < 1.29 is 4.99 Å². The van der Waals surface area contributed by atoms with Gasteiger partial charge in [0.1, 0.15) is 0 Å². The highest BCUT2D eigenvalue weighted by atomic mass is 35.5. The van der Waals surface area contributed by atoms with E-state index in [1.807, 2.05) is 0 Å². The third-order valence-electron chi connectivity index (χ3n) is 0.827. The van der Waals surface area contributed by atoms with E-state index in [1.54, 1.807) is 6.92 Å². The fourth-order valence-electron chi connectivity index (χ4n) is 0.513. The van der Waals surface area contributed by atoms with Gasteiger partial charge in [-0.25, -0.2) is 0 Å². The highest BCUT2D eigenvalue weighted by Crippen LogP contribution is 2.11. The summed E-state index contributed by atoms with van der Waals surface area (Å²) in [6.07, 6.45) is 0. The van der Waals surface area contributed by atoms with Crippen molar-refractivity contribution >= 4 is 45.1 Å². The molecule has 0 aromatic carbocycles. The molecule has 0 bridgehead atoms. The summed E-state index contributed by atoms with van der Waals surface area (Å²) >= 11 is 16.7. The Bertz CT molecular complexity index is 174. The van der Waals surface area contributed by atoms with Crippen LogP contribution in [-0.2, 0) is 0 Å². The maximum Gasteiger partial charge on any atom is 0.332 e. The van der Waals surface area contributed by atoms with Crippen molar-refractivity contribution in [3.05, 3.63) is 0 Å². The first-order valence-corrected chi connectivity index (χ1v) is 3.40. The fraction of sp³-hybridized carbons (Fsp3) is 0.500. The van der Waals surface area contributed by atoms with Crippen LogP contribution in [0.3, 0.4) is 0 Å². The van der Waals surface area contributed by atoms with E-state index in [4.69, 9.17) is 34.8 Å². The van der Waals surface area contributed by atoms with Gasteiger partial charge in [-0.3, -0.25) is 0 Å². The first-order valence-electron chi connectivity index (χ1n) is 2.26. The zero-order chi connectivity index (χ0) is 7.07. The maximum absolute atomic E-state index is 5.67. The molecule has 1 rings (SSSR count). The third kappa shape index (κ3) is 1.57. The Morgan fingerprint density at radius 3 is 2.22 bits per heavy atom. The number of nitrogens with zero attached hydrogens (tertiary/aromatic N) is 1. The molecule has 0 amide bonds. The minimum Gasteiger partial charge on any atom is -0.190 e. The summed E-state index contributed by atoms with van der Waals surface area (Å²) < 4.78 is 0. The minimum atomic E-state index is -0.853. The summed E-state index contributed by atoms with van der Waals surface area (Å²) in [5.41, 5.74) is 0. The molecule has 2 nitrogen and oxygen atoms in total. The third-order valence-corrected chi connectivity index (χ3v) is 1.65. The first-order chi connectivity index (χ1) is 4.01. The molecular formula is C4H4Cl3N2+. The average Bonchev–Trinajstić information content (AvgIpc) is 1.79. The van der Waals surface area contributed by atoms with Gasteiger partial charge >= 0.3 is 10.3 Å². The van der Waals surface area contributed by atoms with Gasteiger partial charge in [0.05, 0.1) is 0 Å². The number of aliphatic imine (C=N–C) groups is 1. The Balaban J connectivity index is 2.96. The Hall–Kier alpha value is 0.210. The molecule has 0 fully saturated rings. The molecule has 0 saturated carbocycles. The number of halogens is 3. The molecule has 0 aromatic heterocycles. The molecular weight excluding hydrogens is 182 g/mol. The van der Waals surface area contributed by atoms with Crippen LogP contribution in [-0.4, -0.2) is 15.5 Å². The van der Waals surface area contributed by atoms with Crippen molar-refractivity contribution in [2.75, 3.05) is 0 Å². The predicted molar refractivity (Wildman–Crippen MR) is 39.4 cm³/mol. The first kappa shape index (κ1) is 7.32. The van der Waals surface area contributed by atoms with Crippen molar-refractivity contribution in [2.24, 2.45) is 4.99 Å². The van der Waals surface area contributed by atoms with Crippen molar-refractivity contribution in [3.63, 3.8) is 0 Å². The molecule has 0 aromatic rings. The van der Waals surface area contributed by atoms with Crippen LogP contribution in [0.1, 0.15) is 6.92 Å². The quantitative estimate of drug-likeness (QED) is 0.415. The van der Waals surface area contributed by atoms with E-state index < -0.39 is 5.12 Å². The molecule has 9 heavy (non-hydrogen) atoms. The van der Waals surface area contributed by atoms with E-state index in [2.05, 4.69) is 9.98 Å². The molecule has 0 radical (unpaired) electrons. The monoisotopic (exact) mass is 185 g/mol. The smallest absolute Gasteiger partial charge is 0.190 e. The molecule has 1 N–H and O–H groups in total. The van der Waals surface area contributed by atoms with Gasteiger partial charge in [0.2, 0.25) is 5.17 Å². The van der Waals surface area contributed by atoms with Crippen LogP contribution < -0.4 is 4.99 Å². The highest BCUT2D eigenvalue weighted by Gasteiger charge is 2.34. The Labute approximate surface area is 67.5 Å². The second kappa shape index (κ2) is 2.11. The van der Waals surface area contributed by atoms with Crippen LogP contribution in [0.5, 0.6) is 0 Å². The maximum atomic E-state index is 5.67. The van der Waals surface area contributed by atoms with Gasteiger partial charge in [0.25, 0.3) is 0 Å². The van der Waals surface area contributed by atoms with Gasteiger partial charge in [-0.05, 0) is 23.2 Å². The van der Waals surface area contributed by atoms with Gasteiger partial charge in [0, 0.05) is 6.92 Å². The lowest BCUT2D eigenvalue weighted by Crippen LogP contribution is -2.80. The van der Waals surface area contributed by atoms with Crippen LogP contribution in [0.2, 0.25) is 0 Å². The summed E-state index contributed by atoms with van der Waals surface area (Å²) in [6.45, 7) is 1.66. The SMILES string of the molecule is CC1(Cl)N=C(Cl)C(Cl)=[NH+]1. The molecule has 1 heterocycles. The molecule has 50 valence electrons. The number of hydrogen-bond acceptors (Lipinski definition) is 1. The van der Waals surface area contributed by atoms with Crippen molar-refractivity contribution in [1.82, 2.24) is 0 Å². The highest BCUT2D eigenvalue weighted by molar-refractivity contribution is 6.99. The molecule has 0 aliphatic carbocycles. The van der Waals surface area contributed by atoms with E-state index in [1.165, 1.54) is 0 Å². The normalized spacial score (nSPS) is 34.2. The van der Waals surface area contributed by atoms with Crippen LogP contribution in [0.25, 0.3) is 0 Å². The summed E-state index contributed by atoms with van der Waals surface area (Å²) in [4.78, 5) is 6.42. The zero-order valence-corrected chi connectivity index (χ0v) is 6.85. The van der Waals surface area contributed by atoms with Crippen molar-refractivity contribution in [1.29, 1.82) is 0 Å². The Morgan fingerprint density at radius 1 is 1.56 bits per heavy atom. The van der Waals surface area contributed by atoms with E-state index >= 15 is 0 Å². The lowest BCUT2D eigenvalue weighted by molar-refractivity contribution is -0.508. The summed E-state index contributed by atoms with van der Waals surface area (Å²) in [6, 6.07) is 0. The standard InChI is InChI=1S/C4H3Cl3N2/c1-4(7)8-2(5)3(6)9-4/h1H3/p+1. The summed E-state index contributed by atoms with van der Waals surface area (Å²) in [5, 5.41) is -0.322. The zero-order valence-electron chi connectivity index (χ0n) is 4.58. The number of alkyl halides is 1. The van der Waals surface area contributed by atoms with Crippen molar-refractivity contribution in [3.8, 4) is 0 Å². The molecule has 0 saturated heterocycles. The van der Waals surface area contributed by atoms with E-state index in [9.17, 15) is 0 Å². The topological polar surface area (TPSA) is 26.3 Å². The van der Waals surface area contributed by atoms with E-state index in [0.717, 1.165) is 0 Å². The summed E-state index contributed by atoms with van der Waals surface area (Å²) in [5.74, 6) is 0. The lowest BCUT2D eigenvalue weighted by Gasteiger charge is -1.95. The van der Waals surface area contributed by atoms with Gasteiger partial charge in [0.15, 0.2) is 0 Å². The Morgan fingerprint density at radius 2 is 2.11 bits per heavy atom. The molecule has 5 heteroatoms. The van der Waals surface area contributed by atoms with Crippen LogP contribution >= 0.6 is 34.8 Å². The van der Waals surface area contributed by atoms with Crippen LogP contribution in [0, 0.1) is 0 Å². The largest absolute Gasteiger partial charge is 0.332 e. The molecule has 1 aliphatic rings. The second-order valence-electron chi connectivity index (χ2n) is 1.79. The van der Waals surface area contributed by atoms with Gasteiger partial charge in [-0.2, -0.15) is 9.98 Å². The second-order valence-corrected chi connectivity index (χ2v) is 3.27. The van der Waals surface area contributed by atoms with Gasteiger partial charge < -0.3 is 0 Å². The molecule has 0 spiro atoms. The van der Waals surface area contributed by atoms with Crippen LogP contribution in [0.4, 0.5) is 0 Å². The van der Waals surface area contributed by atoms with E-state index in [0.29, 0.717) is 5.17 Å².